The van der Waals surface area contributed by atoms with Gasteiger partial charge in [-0.2, -0.15) is 0 Å². The highest BCUT2D eigenvalue weighted by Crippen LogP contribution is 2.26. The molecule has 0 aliphatic heterocycles. The van der Waals surface area contributed by atoms with Crippen molar-refractivity contribution in [1.29, 1.82) is 0 Å². The summed E-state index contributed by atoms with van der Waals surface area (Å²) in [7, 11) is 0. The van der Waals surface area contributed by atoms with Gasteiger partial charge in [-0.3, -0.25) is 0 Å². The molecular weight excluding hydrogens is 227 g/mol. The first-order valence-corrected chi connectivity index (χ1v) is 6.30. The molecule has 0 N–H and O–H groups in total. The molecule has 3 rings (SSSR count). The van der Waals surface area contributed by atoms with Crippen molar-refractivity contribution in [2.45, 2.75) is 25.9 Å². The lowest BCUT2D eigenvalue weighted by atomic mass is 10.1. The summed E-state index contributed by atoms with van der Waals surface area (Å²) in [5, 5.41) is 0. The van der Waals surface area contributed by atoms with Gasteiger partial charge in [-0.25, -0.2) is 4.39 Å². The molecule has 2 aromatic carbocycles. The Morgan fingerprint density at radius 1 is 0.944 bits per heavy atom. The monoisotopic (exact) mass is 242 g/mol. The molecular formula is C16H15FO. The minimum absolute atomic E-state index is 0.212. The summed E-state index contributed by atoms with van der Waals surface area (Å²) in [5.74, 6) is 0.691. The largest absolute Gasteiger partial charge is 0.489 e. The van der Waals surface area contributed by atoms with Gasteiger partial charge < -0.3 is 4.74 Å². The van der Waals surface area contributed by atoms with Crippen LogP contribution in [-0.2, 0) is 19.4 Å². The van der Waals surface area contributed by atoms with Gasteiger partial charge in [-0.05, 0) is 60.2 Å². The van der Waals surface area contributed by atoms with Crippen molar-refractivity contribution in [2.75, 3.05) is 0 Å². The second-order valence-corrected chi connectivity index (χ2v) is 4.70. The topological polar surface area (TPSA) is 9.23 Å². The van der Waals surface area contributed by atoms with E-state index in [4.69, 9.17) is 4.74 Å². The van der Waals surface area contributed by atoms with Gasteiger partial charge in [0, 0.05) is 0 Å². The van der Waals surface area contributed by atoms with Gasteiger partial charge in [0.15, 0.2) is 0 Å². The van der Waals surface area contributed by atoms with Crippen molar-refractivity contribution < 1.29 is 9.13 Å². The molecule has 1 aliphatic rings. The average Bonchev–Trinajstić information content (AvgIpc) is 2.85. The fourth-order valence-corrected chi connectivity index (χ4v) is 2.39. The molecule has 0 radical (unpaired) electrons. The lowest BCUT2D eigenvalue weighted by Crippen LogP contribution is -1.96. The number of fused-ring (bicyclic) bond motifs is 1. The number of halogens is 1. The van der Waals surface area contributed by atoms with Crippen molar-refractivity contribution in [2.24, 2.45) is 0 Å². The van der Waals surface area contributed by atoms with Crippen molar-refractivity contribution in [3.63, 3.8) is 0 Å². The minimum Gasteiger partial charge on any atom is -0.489 e. The first kappa shape index (κ1) is 11.3. The van der Waals surface area contributed by atoms with Crippen LogP contribution in [0.5, 0.6) is 5.75 Å². The average molecular weight is 242 g/mol. The van der Waals surface area contributed by atoms with E-state index in [0.29, 0.717) is 6.61 Å². The Kier molecular flexibility index (Phi) is 3.01. The molecule has 0 spiro atoms. The van der Waals surface area contributed by atoms with Crippen LogP contribution in [0.4, 0.5) is 4.39 Å². The van der Waals surface area contributed by atoms with Crippen molar-refractivity contribution >= 4 is 0 Å². The third-order valence-corrected chi connectivity index (χ3v) is 3.39. The molecule has 0 saturated carbocycles. The van der Waals surface area contributed by atoms with Crippen LogP contribution < -0.4 is 4.74 Å². The van der Waals surface area contributed by atoms with E-state index in [2.05, 4.69) is 12.1 Å². The molecule has 0 aromatic heterocycles. The number of hydrogen-bond acceptors (Lipinski definition) is 1. The second kappa shape index (κ2) is 4.81. The highest BCUT2D eigenvalue weighted by Gasteiger charge is 2.11. The molecule has 18 heavy (non-hydrogen) atoms. The van der Waals surface area contributed by atoms with E-state index < -0.39 is 0 Å². The zero-order chi connectivity index (χ0) is 12.4. The molecule has 2 aromatic rings. The molecule has 1 nitrogen and oxygen atoms in total. The van der Waals surface area contributed by atoms with Gasteiger partial charge in [0.1, 0.15) is 18.2 Å². The fraction of sp³-hybridized carbons (Fsp3) is 0.250. The molecule has 0 bridgehead atoms. The first-order valence-electron chi connectivity index (χ1n) is 6.30. The van der Waals surface area contributed by atoms with E-state index in [0.717, 1.165) is 17.7 Å². The van der Waals surface area contributed by atoms with Gasteiger partial charge in [0.2, 0.25) is 0 Å². The molecule has 2 heteroatoms. The zero-order valence-corrected chi connectivity index (χ0v) is 10.2. The van der Waals surface area contributed by atoms with E-state index in [-0.39, 0.29) is 5.82 Å². The Labute approximate surface area is 106 Å². The fourth-order valence-electron chi connectivity index (χ4n) is 2.39. The predicted octanol–water partition coefficient (Wildman–Crippen LogP) is 3.89. The summed E-state index contributed by atoms with van der Waals surface area (Å²) < 4.78 is 18.5. The number of ether oxygens (including phenoxy) is 1. The van der Waals surface area contributed by atoms with Gasteiger partial charge in [-0.15, -0.1) is 0 Å². The maximum Gasteiger partial charge on any atom is 0.123 e. The lowest BCUT2D eigenvalue weighted by molar-refractivity contribution is 0.306. The van der Waals surface area contributed by atoms with Crippen LogP contribution in [0.2, 0.25) is 0 Å². The Morgan fingerprint density at radius 2 is 1.72 bits per heavy atom. The second-order valence-electron chi connectivity index (χ2n) is 4.70. The van der Waals surface area contributed by atoms with Crippen molar-refractivity contribution in [3.05, 3.63) is 65.0 Å². The third kappa shape index (κ3) is 2.37. The van der Waals surface area contributed by atoms with Gasteiger partial charge in [0.05, 0.1) is 0 Å². The SMILES string of the molecule is Fc1ccc(COc2ccc3c(c2)CCC3)cc1. The van der Waals surface area contributed by atoms with Crippen molar-refractivity contribution in [3.8, 4) is 5.75 Å². The van der Waals surface area contributed by atoms with Crippen LogP contribution in [0.1, 0.15) is 23.1 Å². The van der Waals surface area contributed by atoms with Crippen LogP contribution in [0.15, 0.2) is 42.5 Å². The summed E-state index contributed by atoms with van der Waals surface area (Å²) in [5.41, 5.74) is 3.84. The summed E-state index contributed by atoms with van der Waals surface area (Å²) in [6, 6.07) is 12.7. The molecule has 0 fully saturated rings. The van der Waals surface area contributed by atoms with Crippen LogP contribution in [0.3, 0.4) is 0 Å². The molecule has 0 atom stereocenters. The number of aryl methyl sites for hydroxylation is 2. The maximum atomic E-state index is 12.8. The van der Waals surface area contributed by atoms with E-state index in [1.54, 1.807) is 12.1 Å². The van der Waals surface area contributed by atoms with Gasteiger partial charge in [0.25, 0.3) is 0 Å². The van der Waals surface area contributed by atoms with Crippen LogP contribution in [0, 0.1) is 5.82 Å². The Bertz CT molecular complexity index is 546. The molecule has 1 aliphatic carbocycles. The molecule has 0 saturated heterocycles. The lowest BCUT2D eigenvalue weighted by Gasteiger charge is -2.08. The third-order valence-electron chi connectivity index (χ3n) is 3.39. The Morgan fingerprint density at radius 3 is 2.56 bits per heavy atom. The number of benzene rings is 2. The normalized spacial score (nSPS) is 13.4. The Hall–Kier alpha value is -1.83. The zero-order valence-electron chi connectivity index (χ0n) is 10.2. The van der Waals surface area contributed by atoms with E-state index in [9.17, 15) is 4.39 Å². The molecule has 92 valence electrons. The van der Waals surface area contributed by atoms with Gasteiger partial charge >= 0.3 is 0 Å². The number of hydrogen-bond donors (Lipinski definition) is 0. The van der Waals surface area contributed by atoms with E-state index in [1.165, 1.54) is 36.1 Å². The standard InChI is InChI=1S/C16H15FO/c17-15-7-4-12(5-8-15)11-18-16-9-6-13-2-1-3-14(13)10-16/h4-10H,1-3,11H2. The molecule has 0 heterocycles. The van der Waals surface area contributed by atoms with E-state index in [1.807, 2.05) is 6.07 Å². The van der Waals surface area contributed by atoms with E-state index >= 15 is 0 Å². The quantitative estimate of drug-likeness (QED) is 0.793. The van der Waals surface area contributed by atoms with Crippen LogP contribution >= 0.6 is 0 Å². The smallest absolute Gasteiger partial charge is 0.123 e. The first-order chi connectivity index (χ1) is 8.81. The molecule has 0 amide bonds. The molecule has 0 unspecified atom stereocenters. The summed E-state index contributed by atoms with van der Waals surface area (Å²) in [6.45, 7) is 0.485. The maximum absolute atomic E-state index is 12.8. The summed E-state index contributed by atoms with van der Waals surface area (Å²) in [6.07, 6.45) is 3.59. The van der Waals surface area contributed by atoms with Crippen LogP contribution in [-0.4, -0.2) is 0 Å². The van der Waals surface area contributed by atoms with Crippen LogP contribution in [0.25, 0.3) is 0 Å². The Balaban J connectivity index is 1.68. The summed E-state index contributed by atoms with van der Waals surface area (Å²) in [4.78, 5) is 0. The minimum atomic E-state index is -0.212. The predicted molar refractivity (Wildman–Crippen MR) is 69.2 cm³/mol. The highest BCUT2D eigenvalue weighted by atomic mass is 19.1. The van der Waals surface area contributed by atoms with Gasteiger partial charge in [-0.1, -0.05) is 18.2 Å². The van der Waals surface area contributed by atoms with Crippen molar-refractivity contribution in [1.82, 2.24) is 0 Å². The summed E-state index contributed by atoms with van der Waals surface area (Å²) >= 11 is 0. The number of rotatable bonds is 3. The highest BCUT2D eigenvalue weighted by molar-refractivity contribution is 5.38.